The number of hydrogen-bond donors (Lipinski definition) is 3. The minimum absolute atomic E-state index is 0.00152. The van der Waals surface area contributed by atoms with E-state index >= 15 is 0 Å². The predicted molar refractivity (Wildman–Crippen MR) is 153 cm³/mol. The Kier molecular flexibility index (Phi) is 7.49. The maximum Gasteiger partial charge on any atom is 0.293 e. The molecule has 0 radical (unpaired) electrons. The van der Waals surface area contributed by atoms with Crippen molar-refractivity contribution in [2.45, 2.75) is 29.8 Å². The van der Waals surface area contributed by atoms with E-state index in [1.165, 1.54) is 30.5 Å². The normalized spacial score (nSPS) is 16.6. The summed E-state index contributed by atoms with van der Waals surface area (Å²) in [6, 6.07) is 13.7. The third-order valence-electron chi connectivity index (χ3n) is 7.41. The first-order chi connectivity index (χ1) is 20.3. The Hall–Kier alpha value is -4.53. The van der Waals surface area contributed by atoms with Gasteiger partial charge in [-0.3, -0.25) is 19.8 Å². The summed E-state index contributed by atoms with van der Waals surface area (Å²) >= 11 is 0. The van der Waals surface area contributed by atoms with E-state index in [9.17, 15) is 23.3 Å². The highest BCUT2D eigenvalue weighted by atomic mass is 32.2. The molecule has 2 fully saturated rings. The maximum atomic E-state index is 13.1. The number of H-pyrrole nitrogens is 1. The molecule has 2 saturated heterocycles. The number of nitro benzene ring substituents is 1. The Balaban J connectivity index is 1.15. The van der Waals surface area contributed by atoms with E-state index in [1.54, 1.807) is 24.4 Å². The molecule has 13 nitrogen and oxygen atoms in total. The van der Waals surface area contributed by atoms with Crippen LogP contribution in [0.4, 0.5) is 11.4 Å². The topological polar surface area (TPSA) is 169 Å². The molecule has 2 aromatic heterocycles. The highest BCUT2D eigenvalue weighted by molar-refractivity contribution is 7.90. The predicted octanol–water partition coefficient (Wildman–Crippen LogP) is 3.66. The first-order valence-corrected chi connectivity index (χ1v) is 14.9. The number of sulfonamides is 1. The van der Waals surface area contributed by atoms with Gasteiger partial charge in [0.25, 0.3) is 21.6 Å². The number of benzene rings is 2. The number of amides is 1. The van der Waals surface area contributed by atoms with Crippen molar-refractivity contribution in [1.29, 1.82) is 0 Å². The fourth-order valence-electron chi connectivity index (χ4n) is 5.21. The molecule has 0 unspecified atom stereocenters. The first-order valence-electron chi connectivity index (χ1n) is 13.4. The molecule has 14 heteroatoms. The second kappa shape index (κ2) is 11.4. The molecule has 42 heavy (non-hydrogen) atoms. The average molecular weight is 593 g/mol. The molecule has 3 N–H and O–H groups in total. The minimum Gasteiger partial charge on any atom is -0.455 e. The van der Waals surface area contributed by atoms with Gasteiger partial charge in [-0.2, -0.15) is 0 Å². The quantitative estimate of drug-likeness (QED) is 0.193. The van der Waals surface area contributed by atoms with Crippen LogP contribution in [0.5, 0.6) is 11.5 Å². The van der Waals surface area contributed by atoms with Crippen LogP contribution < -0.4 is 14.8 Å². The van der Waals surface area contributed by atoms with Gasteiger partial charge in [-0.05, 0) is 49.2 Å². The van der Waals surface area contributed by atoms with Gasteiger partial charge in [0.1, 0.15) is 22.8 Å². The molecule has 0 saturated carbocycles. The van der Waals surface area contributed by atoms with Gasteiger partial charge in [0, 0.05) is 50.0 Å². The number of carbonyl (C=O) groups is 1. The number of ether oxygens (including phenoxy) is 2. The van der Waals surface area contributed by atoms with E-state index in [4.69, 9.17) is 9.47 Å². The highest BCUT2D eigenvalue weighted by Crippen LogP contribution is 2.31. The summed E-state index contributed by atoms with van der Waals surface area (Å²) in [6.45, 7) is 2.93. The van der Waals surface area contributed by atoms with E-state index in [1.807, 2.05) is 10.8 Å². The lowest BCUT2D eigenvalue weighted by Gasteiger charge is -2.46. The van der Waals surface area contributed by atoms with E-state index in [0.717, 1.165) is 50.6 Å². The van der Waals surface area contributed by atoms with Crippen molar-refractivity contribution >= 4 is 38.3 Å². The molecule has 0 aliphatic carbocycles. The molecule has 4 heterocycles. The van der Waals surface area contributed by atoms with Crippen molar-refractivity contribution < 1.29 is 27.6 Å². The highest BCUT2D eigenvalue weighted by Gasteiger charge is 2.34. The number of para-hydroxylation sites is 1. The lowest BCUT2D eigenvalue weighted by molar-refractivity contribution is -0.384. The van der Waals surface area contributed by atoms with Crippen LogP contribution in [0.3, 0.4) is 0 Å². The van der Waals surface area contributed by atoms with Crippen molar-refractivity contribution in [3.8, 4) is 11.5 Å². The fraction of sp³-hybridized carbons (Fsp3) is 0.286. The van der Waals surface area contributed by atoms with Gasteiger partial charge in [0.2, 0.25) is 0 Å². The first kappa shape index (κ1) is 27.6. The Morgan fingerprint density at radius 1 is 1.12 bits per heavy atom. The molecule has 4 aromatic rings. The summed E-state index contributed by atoms with van der Waals surface area (Å²) in [5, 5.41) is 15.8. The number of aromatic nitrogens is 2. The van der Waals surface area contributed by atoms with Crippen molar-refractivity contribution in [2.24, 2.45) is 0 Å². The molecule has 0 bridgehead atoms. The zero-order valence-electron chi connectivity index (χ0n) is 22.4. The van der Waals surface area contributed by atoms with Gasteiger partial charge in [0.15, 0.2) is 0 Å². The number of likely N-dealkylation sites (tertiary alicyclic amines) is 1. The number of aromatic amines is 1. The second-order valence-corrected chi connectivity index (χ2v) is 11.9. The Labute approximate surface area is 241 Å². The van der Waals surface area contributed by atoms with Crippen molar-refractivity contribution in [3.63, 3.8) is 0 Å². The van der Waals surface area contributed by atoms with Gasteiger partial charge in [-0.1, -0.05) is 12.1 Å². The zero-order valence-corrected chi connectivity index (χ0v) is 23.2. The number of hydrogen-bond acceptors (Lipinski definition) is 10. The lowest BCUT2D eigenvalue weighted by Crippen LogP contribution is -2.59. The fourth-order valence-corrected chi connectivity index (χ4v) is 6.19. The van der Waals surface area contributed by atoms with Gasteiger partial charge < -0.3 is 19.8 Å². The van der Waals surface area contributed by atoms with E-state index < -0.39 is 31.4 Å². The molecule has 2 aliphatic heterocycles. The molecule has 2 aliphatic rings. The summed E-state index contributed by atoms with van der Waals surface area (Å²) in [6.07, 6.45) is 5.13. The Morgan fingerprint density at radius 2 is 1.90 bits per heavy atom. The van der Waals surface area contributed by atoms with Gasteiger partial charge >= 0.3 is 0 Å². The van der Waals surface area contributed by atoms with Crippen LogP contribution in [0.15, 0.2) is 71.9 Å². The molecule has 1 amide bonds. The van der Waals surface area contributed by atoms with Crippen LogP contribution in [0, 0.1) is 10.1 Å². The van der Waals surface area contributed by atoms with E-state index in [2.05, 4.69) is 20.2 Å². The molecular formula is C28H28N6O7S. The number of fused-ring (bicyclic) bond motifs is 1. The molecule has 218 valence electrons. The molecular weight excluding hydrogens is 564 g/mol. The van der Waals surface area contributed by atoms with Crippen LogP contribution in [-0.4, -0.2) is 72.5 Å². The van der Waals surface area contributed by atoms with Crippen molar-refractivity contribution in [3.05, 3.63) is 82.7 Å². The monoisotopic (exact) mass is 592 g/mol. The van der Waals surface area contributed by atoms with Crippen LogP contribution >= 0.6 is 0 Å². The maximum absolute atomic E-state index is 13.1. The Bertz CT molecular complexity index is 1750. The summed E-state index contributed by atoms with van der Waals surface area (Å²) in [5.74, 6) is -0.484. The number of nitrogens with one attached hydrogen (secondary N) is 3. The van der Waals surface area contributed by atoms with Crippen LogP contribution in [-0.2, 0) is 14.8 Å². The number of pyridine rings is 1. The third kappa shape index (κ3) is 5.77. The number of nitro groups is 1. The van der Waals surface area contributed by atoms with Crippen molar-refractivity contribution in [2.75, 3.05) is 31.6 Å². The summed E-state index contributed by atoms with van der Waals surface area (Å²) in [7, 11) is -4.46. The van der Waals surface area contributed by atoms with E-state index in [0.29, 0.717) is 17.4 Å². The molecule has 2 aromatic carbocycles. The van der Waals surface area contributed by atoms with Crippen LogP contribution in [0.25, 0.3) is 11.0 Å². The third-order valence-corrected chi connectivity index (χ3v) is 8.74. The number of nitrogens with zero attached hydrogens (tertiary/aromatic N) is 3. The van der Waals surface area contributed by atoms with Gasteiger partial charge in [-0.25, -0.2) is 18.1 Å². The van der Waals surface area contributed by atoms with Crippen molar-refractivity contribution in [1.82, 2.24) is 19.6 Å². The summed E-state index contributed by atoms with van der Waals surface area (Å²) < 4.78 is 39.6. The molecule has 0 atom stereocenters. The van der Waals surface area contributed by atoms with E-state index in [-0.39, 0.29) is 23.0 Å². The molecule has 6 rings (SSSR count). The summed E-state index contributed by atoms with van der Waals surface area (Å²) in [4.78, 5) is 33.5. The lowest BCUT2D eigenvalue weighted by atomic mass is 9.99. The van der Waals surface area contributed by atoms with Crippen LogP contribution in [0.2, 0.25) is 0 Å². The van der Waals surface area contributed by atoms with Crippen LogP contribution in [0.1, 0.15) is 23.2 Å². The number of rotatable bonds is 9. The number of carbonyl (C=O) groups excluding carboxylic acids is 1. The average Bonchev–Trinajstić information content (AvgIpc) is 3.43. The van der Waals surface area contributed by atoms with Gasteiger partial charge in [0.05, 0.1) is 27.6 Å². The molecule has 0 spiro atoms. The SMILES string of the molecule is O=C(NS(=O)(=O)c1ccc(NC2CN(C3CCOCC3)C2)c([N+](=O)[O-])c1)c1ccccc1Oc1cnc2[nH]ccc2c1. The minimum atomic E-state index is -4.46. The standard InChI is InChI=1S/C28H28N6O7S/c35-28(23-3-1-2-4-26(23)41-21-13-18-7-10-29-27(18)30-15-21)32-42(38,39)22-5-6-24(25(14-22)34(36)37)31-19-16-33(17-19)20-8-11-40-12-9-20/h1-7,10,13-15,19-20,31H,8-9,11-12,16-17H2,(H,29,30)(H,32,35). The Morgan fingerprint density at radius 3 is 2.69 bits per heavy atom. The largest absolute Gasteiger partial charge is 0.455 e. The smallest absolute Gasteiger partial charge is 0.293 e. The van der Waals surface area contributed by atoms with Gasteiger partial charge in [-0.15, -0.1) is 0 Å². The zero-order chi connectivity index (χ0) is 29.3. The number of anilines is 1. The second-order valence-electron chi connectivity index (χ2n) is 10.2. The summed E-state index contributed by atoms with van der Waals surface area (Å²) in [5.41, 5.74) is 0.446.